The summed E-state index contributed by atoms with van der Waals surface area (Å²) in [5, 5.41) is 23.9. The standard InChI is InChI=1S/C19H19F3N6O4S3/c1-7-4-11(19(20,21)22)26-28(7)8(2)14(29)23-12-15(30)27-13(17(31)32)10(5-33-16(12)27)6-34-18-25-24-9(3)35-18/h4,8,12,16H,5-6H2,1-3H3,(H,23,29)(H,31,32)/t8-,12+,16+/m0/s1. The van der Waals surface area contributed by atoms with E-state index in [9.17, 15) is 32.7 Å². The Morgan fingerprint density at radius 3 is 2.63 bits per heavy atom. The molecule has 188 valence electrons. The molecule has 10 nitrogen and oxygen atoms in total. The molecule has 0 aromatic carbocycles. The molecule has 1 fully saturated rings. The number of carbonyl (C=O) groups excluding carboxylic acids is 2. The van der Waals surface area contributed by atoms with Gasteiger partial charge in [0.1, 0.15) is 28.2 Å². The van der Waals surface area contributed by atoms with Crippen molar-refractivity contribution in [1.29, 1.82) is 0 Å². The number of amides is 2. The summed E-state index contributed by atoms with van der Waals surface area (Å²) in [5.74, 6) is -1.90. The number of carboxylic acid groups (broad SMARTS) is 1. The van der Waals surface area contributed by atoms with Crippen molar-refractivity contribution >= 4 is 52.6 Å². The van der Waals surface area contributed by atoms with Crippen LogP contribution in [0.2, 0.25) is 0 Å². The number of aliphatic carboxylic acids is 1. The van der Waals surface area contributed by atoms with Gasteiger partial charge in [-0.2, -0.15) is 18.3 Å². The molecule has 2 amide bonds. The smallest absolute Gasteiger partial charge is 0.435 e. The van der Waals surface area contributed by atoms with E-state index in [0.717, 1.165) is 20.7 Å². The minimum absolute atomic E-state index is 0.122. The number of nitrogens with one attached hydrogen (secondary N) is 1. The van der Waals surface area contributed by atoms with Crippen molar-refractivity contribution in [1.82, 2.24) is 30.2 Å². The van der Waals surface area contributed by atoms with E-state index in [4.69, 9.17) is 0 Å². The average molecular weight is 549 g/mol. The van der Waals surface area contributed by atoms with Crippen LogP contribution >= 0.6 is 34.9 Å². The molecule has 2 aliphatic heterocycles. The molecule has 0 aliphatic carbocycles. The Morgan fingerprint density at radius 1 is 1.34 bits per heavy atom. The second-order valence-electron chi connectivity index (χ2n) is 7.82. The van der Waals surface area contributed by atoms with Crippen LogP contribution in [0.3, 0.4) is 0 Å². The van der Waals surface area contributed by atoms with Gasteiger partial charge in [0.25, 0.3) is 5.91 Å². The highest BCUT2D eigenvalue weighted by Crippen LogP contribution is 2.42. The van der Waals surface area contributed by atoms with Crippen LogP contribution in [0.15, 0.2) is 21.7 Å². The molecular weight excluding hydrogens is 529 g/mol. The summed E-state index contributed by atoms with van der Waals surface area (Å²) in [7, 11) is 0. The Morgan fingerprint density at radius 2 is 2.06 bits per heavy atom. The monoisotopic (exact) mass is 548 g/mol. The number of fused-ring (bicyclic) bond motifs is 1. The lowest BCUT2D eigenvalue weighted by Gasteiger charge is -2.49. The zero-order valence-corrected chi connectivity index (χ0v) is 20.9. The zero-order valence-electron chi connectivity index (χ0n) is 18.5. The molecular formula is C19H19F3N6O4S3. The van der Waals surface area contributed by atoms with Gasteiger partial charge in [-0.25, -0.2) is 4.79 Å². The van der Waals surface area contributed by atoms with Crippen molar-refractivity contribution in [2.24, 2.45) is 0 Å². The number of carboxylic acids is 1. The van der Waals surface area contributed by atoms with Crippen LogP contribution in [0.25, 0.3) is 0 Å². The molecule has 0 bridgehead atoms. The summed E-state index contributed by atoms with van der Waals surface area (Å²) >= 11 is 4.01. The van der Waals surface area contributed by atoms with E-state index in [2.05, 4.69) is 20.6 Å². The predicted molar refractivity (Wildman–Crippen MR) is 122 cm³/mol. The highest BCUT2D eigenvalue weighted by atomic mass is 32.2. The number of aromatic nitrogens is 4. The van der Waals surface area contributed by atoms with E-state index in [-0.39, 0.29) is 11.4 Å². The molecule has 2 aliphatic rings. The van der Waals surface area contributed by atoms with Gasteiger partial charge < -0.3 is 10.4 Å². The fourth-order valence-electron chi connectivity index (χ4n) is 3.68. The Balaban J connectivity index is 1.46. The molecule has 3 atom stereocenters. The third-order valence-electron chi connectivity index (χ3n) is 5.38. The summed E-state index contributed by atoms with van der Waals surface area (Å²) in [6.07, 6.45) is -4.65. The normalized spacial score (nSPS) is 21.0. The minimum atomic E-state index is -4.65. The Labute approximate surface area is 209 Å². The van der Waals surface area contributed by atoms with Crippen molar-refractivity contribution in [3.8, 4) is 0 Å². The van der Waals surface area contributed by atoms with Gasteiger partial charge in [0.15, 0.2) is 10.0 Å². The zero-order chi connectivity index (χ0) is 25.7. The fourth-order valence-corrected chi connectivity index (χ4v) is 6.98. The van der Waals surface area contributed by atoms with Crippen molar-refractivity contribution in [3.63, 3.8) is 0 Å². The molecule has 0 spiro atoms. The van der Waals surface area contributed by atoms with E-state index in [1.165, 1.54) is 48.7 Å². The maximum absolute atomic E-state index is 13.0. The highest BCUT2D eigenvalue weighted by Gasteiger charge is 2.54. The van der Waals surface area contributed by atoms with E-state index in [1.54, 1.807) is 0 Å². The van der Waals surface area contributed by atoms with Crippen molar-refractivity contribution in [2.75, 3.05) is 11.5 Å². The van der Waals surface area contributed by atoms with Crippen LogP contribution in [0.1, 0.15) is 29.4 Å². The number of rotatable bonds is 7. The number of alkyl halides is 3. The maximum atomic E-state index is 13.0. The molecule has 35 heavy (non-hydrogen) atoms. The highest BCUT2D eigenvalue weighted by molar-refractivity contribution is 8.01. The SMILES string of the molecule is Cc1nnc(SCC2=C(C(=O)O)N3C(=O)[C@@H](NC(=O)[C@H](C)n4nc(C(F)(F)F)cc4C)[C@H]3SC2)s1. The van der Waals surface area contributed by atoms with Crippen molar-refractivity contribution in [2.45, 2.75) is 48.7 Å². The van der Waals surface area contributed by atoms with E-state index in [0.29, 0.717) is 21.4 Å². The Bertz CT molecular complexity index is 1230. The lowest BCUT2D eigenvalue weighted by Crippen LogP contribution is -2.71. The molecule has 0 radical (unpaired) electrons. The van der Waals surface area contributed by atoms with Crippen LogP contribution in [0, 0.1) is 13.8 Å². The fraction of sp³-hybridized carbons (Fsp3) is 0.474. The van der Waals surface area contributed by atoms with E-state index in [1.807, 2.05) is 6.92 Å². The predicted octanol–water partition coefficient (Wildman–Crippen LogP) is 2.46. The minimum Gasteiger partial charge on any atom is -0.477 e. The second kappa shape index (κ2) is 9.46. The van der Waals surface area contributed by atoms with Gasteiger partial charge in [-0.05, 0) is 32.4 Å². The first-order valence-electron chi connectivity index (χ1n) is 10.1. The summed E-state index contributed by atoms with van der Waals surface area (Å²) < 4.78 is 40.5. The molecule has 0 saturated carbocycles. The van der Waals surface area contributed by atoms with Gasteiger partial charge in [0.2, 0.25) is 5.91 Å². The molecule has 16 heteroatoms. The first-order chi connectivity index (χ1) is 16.4. The van der Waals surface area contributed by atoms with Crippen LogP contribution in [0.4, 0.5) is 13.2 Å². The van der Waals surface area contributed by atoms with Gasteiger partial charge in [0, 0.05) is 17.2 Å². The number of carbonyl (C=O) groups is 3. The molecule has 4 heterocycles. The van der Waals surface area contributed by atoms with Crippen molar-refractivity contribution < 1.29 is 32.7 Å². The lowest BCUT2D eigenvalue weighted by atomic mass is 10.0. The molecule has 0 unspecified atom stereocenters. The van der Waals surface area contributed by atoms with Gasteiger partial charge in [-0.15, -0.1) is 22.0 Å². The number of aryl methyl sites for hydroxylation is 2. The molecule has 2 N–H and O–H groups in total. The summed E-state index contributed by atoms with van der Waals surface area (Å²) in [6.45, 7) is 4.57. The number of hydrogen-bond donors (Lipinski definition) is 2. The van der Waals surface area contributed by atoms with E-state index >= 15 is 0 Å². The quantitative estimate of drug-likeness (QED) is 0.396. The summed E-state index contributed by atoms with van der Waals surface area (Å²) in [4.78, 5) is 38.7. The van der Waals surface area contributed by atoms with Crippen LogP contribution < -0.4 is 5.32 Å². The molecule has 2 aromatic rings. The second-order valence-corrected chi connectivity index (χ2v) is 11.3. The first kappa shape index (κ1) is 25.5. The number of hydrogen-bond acceptors (Lipinski definition) is 9. The van der Waals surface area contributed by atoms with Crippen LogP contribution in [-0.4, -0.2) is 70.7 Å². The molecule has 2 aromatic heterocycles. The number of β-lactam (4-membered cyclic amide) rings is 1. The van der Waals surface area contributed by atoms with Crippen LogP contribution in [-0.2, 0) is 20.6 Å². The topological polar surface area (TPSA) is 130 Å². The lowest BCUT2D eigenvalue weighted by molar-refractivity contribution is -0.151. The molecule has 4 rings (SSSR count). The van der Waals surface area contributed by atoms with Gasteiger partial charge in [-0.1, -0.05) is 23.1 Å². The van der Waals surface area contributed by atoms with Crippen molar-refractivity contribution in [3.05, 3.63) is 33.7 Å². The maximum Gasteiger partial charge on any atom is 0.435 e. The largest absolute Gasteiger partial charge is 0.477 e. The number of nitrogens with zero attached hydrogens (tertiary/aromatic N) is 5. The Kier molecular flexibility index (Phi) is 6.89. The van der Waals surface area contributed by atoms with Gasteiger partial charge in [0.05, 0.1) is 0 Å². The first-order valence-corrected chi connectivity index (χ1v) is 13.0. The molecule has 1 saturated heterocycles. The summed E-state index contributed by atoms with van der Waals surface area (Å²) in [6, 6.07) is -1.27. The summed E-state index contributed by atoms with van der Waals surface area (Å²) in [5.41, 5.74) is -0.551. The van der Waals surface area contributed by atoms with Gasteiger partial charge >= 0.3 is 12.1 Å². The van der Waals surface area contributed by atoms with E-state index < -0.39 is 47.1 Å². The van der Waals surface area contributed by atoms with Gasteiger partial charge in [-0.3, -0.25) is 19.2 Å². The van der Waals surface area contributed by atoms with Crippen LogP contribution in [0.5, 0.6) is 0 Å². The average Bonchev–Trinajstić information content (AvgIpc) is 3.39. The number of thioether (sulfide) groups is 2. The third-order valence-corrected chi connectivity index (χ3v) is 8.78. The Hall–Kier alpha value is -2.59. The third kappa shape index (κ3) is 4.91. The number of halogens is 3.